The summed E-state index contributed by atoms with van der Waals surface area (Å²) >= 11 is 6.35. The second kappa shape index (κ2) is 9.21. The van der Waals surface area contributed by atoms with Gasteiger partial charge in [-0.25, -0.2) is 0 Å². The van der Waals surface area contributed by atoms with E-state index in [1.54, 1.807) is 25.6 Å². The van der Waals surface area contributed by atoms with E-state index in [1.807, 2.05) is 18.2 Å². The first-order valence-corrected chi connectivity index (χ1v) is 11.6. The Morgan fingerprint density at radius 1 is 1.24 bits per heavy atom. The summed E-state index contributed by atoms with van der Waals surface area (Å²) in [6.07, 6.45) is 9.06. The second-order valence-corrected chi connectivity index (χ2v) is 8.76. The number of fused-ring (bicyclic) bond motifs is 1. The number of para-hydroxylation sites is 1. The van der Waals surface area contributed by atoms with E-state index in [0.717, 1.165) is 41.8 Å². The molecule has 5 rings (SSSR count). The van der Waals surface area contributed by atoms with Gasteiger partial charge in [-0.05, 0) is 31.0 Å². The summed E-state index contributed by atoms with van der Waals surface area (Å²) < 4.78 is 5.52. The number of nitrogens with zero attached hydrogens (tertiary/aromatic N) is 1. The van der Waals surface area contributed by atoms with Gasteiger partial charge in [0.05, 0.1) is 40.3 Å². The molecule has 6 nitrogen and oxygen atoms in total. The molecule has 2 aromatic heterocycles. The Hall–Kier alpha value is -3.43. The normalized spacial score (nSPS) is 15.4. The fourth-order valence-electron chi connectivity index (χ4n) is 4.62. The van der Waals surface area contributed by atoms with Gasteiger partial charge in [-0.15, -0.1) is 0 Å². The highest BCUT2D eigenvalue weighted by molar-refractivity contribution is 6.32. The number of rotatable bonds is 4. The molecule has 7 heteroatoms. The van der Waals surface area contributed by atoms with Gasteiger partial charge in [0.25, 0.3) is 5.91 Å². The Labute approximate surface area is 198 Å². The molecule has 3 N–H and O–H groups in total. The maximum absolute atomic E-state index is 12.9. The van der Waals surface area contributed by atoms with Crippen molar-refractivity contribution in [1.82, 2.24) is 15.3 Å². The fourth-order valence-corrected chi connectivity index (χ4v) is 4.87. The van der Waals surface area contributed by atoms with Crippen molar-refractivity contribution in [2.45, 2.75) is 32.1 Å². The molecule has 1 amide bonds. The van der Waals surface area contributed by atoms with Crippen molar-refractivity contribution < 1.29 is 9.53 Å². The highest BCUT2D eigenvalue weighted by Crippen LogP contribution is 2.41. The van der Waals surface area contributed by atoms with Crippen LogP contribution in [-0.2, 0) is 6.42 Å². The third-order valence-corrected chi connectivity index (χ3v) is 6.55. The molecule has 1 aliphatic carbocycles. The number of ether oxygens (including phenoxy) is 1. The van der Waals surface area contributed by atoms with Crippen molar-refractivity contribution in [1.29, 1.82) is 0 Å². The van der Waals surface area contributed by atoms with Gasteiger partial charge in [-0.1, -0.05) is 42.3 Å². The van der Waals surface area contributed by atoms with Crippen LogP contribution in [0.5, 0.6) is 5.75 Å². The molecule has 1 aromatic carbocycles. The third kappa shape index (κ3) is 4.17. The number of carbonyl (C=O) groups excluding carboxylic acids is 1. The van der Waals surface area contributed by atoms with Gasteiger partial charge in [0, 0.05) is 42.5 Å². The Morgan fingerprint density at radius 3 is 2.91 bits per heavy atom. The highest BCUT2D eigenvalue weighted by atomic mass is 35.5. The molecule has 0 bridgehead atoms. The summed E-state index contributed by atoms with van der Waals surface area (Å²) in [6.45, 7) is 0.594. The number of anilines is 2. The quantitative estimate of drug-likeness (QED) is 0.461. The lowest BCUT2D eigenvalue weighted by Gasteiger charge is -2.17. The number of halogens is 1. The summed E-state index contributed by atoms with van der Waals surface area (Å²) in [5.41, 5.74) is 5.40. The number of benzene rings is 1. The van der Waals surface area contributed by atoms with Crippen molar-refractivity contribution in [3.05, 3.63) is 58.5 Å². The monoisotopic (exact) mass is 460 g/mol. The molecule has 3 heterocycles. The fraction of sp³-hybridized carbons (Fsp3) is 0.308. The minimum absolute atomic E-state index is 0.116. The molecule has 0 unspecified atom stereocenters. The van der Waals surface area contributed by atoms with E-state index in [9.17, 15) is 4.79 Å². The molecule has 1 saturated carbocycles. The van der Waals surface area contributed by atoms with Gasteiger partial charge in [-0.3, -0.25) is 9.78 Å². The molecule has 168 valence electrons. The van der Waals surface area contributed by atoms with Crippen LogP contribution >= 0.6 is 11.6 Å². The predicted molar refractivity (Wildman–Crippen MR) is 130 cm³/mol. The smallest absolute Gasteiger partial charge is 0.255 e. The van der Waals surface area contributed by atoms with E-state index in [4.69, 9.17) is 16.3 Å². The summed E-state index contributed by atoms with van der Waals surface area (Å²) in [5.74, 6) is 7.64. The van der Waals surface area contributed by atoms with Crippen LogP contribution in [0.3, 0.4) is 0 Å². The zero-order valence-electron chi connectivity index (χ0n) is 18.4. The van der Waals surface area contributed by atoms with Gasteiger partial charge in [-0.2, -0.15) is 0 Å². The topological polar surface area (TPSA) is 79.0 Å². The number of methoxy groups -OCH3 is 1. The lowest BCUT2D eigenvalue weighted by Crippen LogP contribution is -2.31. The van der Waals surface area contributed by atoms with Crippen LogP contribution in [0.25, 0.3) is 11.3 Å². The number of carbonyl (C=O) groups is 1. The Morgan fingerprint density at radius 2 is 2.09 bits per heavy atom. The van der Waals surface area contributed by atoms with Crippen LogP contribution in [0.1, 0.15) is 47.3 Å². The van der Waals surface area contributed by atoms with Crippen LogP contribution in [0, 0.1) is 17.8 Å². The van der Waals surface area contributed by atoms with Crippen LogP contribution in [0.15, 0.2) is 36.7 Å². The molecule has 0 spiro atoms. The van der Waals surface area contributed by atoms with Gasteiger partial charge in [0.15, 0.2) is 5.75 Å². The van der Waals surface area contributed by atoms with Crippen LogP contribution in [0.2, 0.25) is 5.02 Å². The number of hydrogen-bond donors (Lipinski definition) is 3. The summed E-state index contributed by atoms with van der Waals surface area (Å²) in [7, 11) is 1.58. The van der Waals surface area contributed by atoms with Crippen molar-refractivity contribution in [2.75, 3.05) is 19.0 Å². The Balaban J connectivity index is 1.64. The average molecular weight is 461 g/mol. The Bertz CT molecular complexity index is 1270. The lowest BCUT2D eigenvalue weighted by molar-refractivity contribution is 0.0947. The van der Waals surface area contributed by atoms with Gasteiger partial charge in [0.2, 0.25) is 0 Å². The van der Waals surface area contributed by atoms with E-state index in [2.05, 4.69) is 32.4 Å². The number of aromatic amines is 1. The predicted octanol–water partition coefficient (Wildman–Crippen LogP) is 5.31. The minimum atomic E-state index is -0.116. The maximum Gasteiger partial charge on any atom is 0.255 e. The molecule has 0 saturated heterocycles. The Kier molecular flexibility index (Phi) is 5.97. The largest absolute Gasteiger partial charge is 0.493 e. The molecular weight excluding hydrogens is 436 g/mol. The SMILES string of the molecule is COc1c(Cl)cccc1Nc1c(-c2ccncc2C#CC2CCCC2)[nH]c2c1C(=O)NCC2. The van der Waals surface area contributed by atoms with Gasteiger partial charge in [0.1, 0.15) is 0 Å². The average Bonchev–Trinajstić information content (AvgIpc) is 3.47. The first kappa shape index (κ1) is 21.4. The number of pyridine rings is 1. The lowest BCUT2D eigenvalue weighted by atomic mass is 10.0. The molecule has 1 fully saturated rings. The van der Waals surface area contributed by atoms with Crippen molar-refractivity contribution >= 4 is 28.9 Å². The molecule has 33 heavy (non-hydrogen) atoms. The molecule has 3 aromatic rings. The number of hydrogen-bond acceptors (Lipinski definition) is 4. The molecule has 1 aliphatic heterocycles. The number of nitrogens with one attached hydrogen (secondary N) is 3. The van der Waals surface area contributed by atoms with E-state index in [0.29, 0.717) is 40.2 Å². The van der Waals surface area contributed by atoms with Crippen LogP contribution < -0.4 is 15.4 Å². The van der Waals surface area contributed by atoms with Gasteiger partial charge >= 0.3 is 0 Å². The first-order chi connectivity index (χ1) is 16.2. The first-order valence-electron chi connectivity index (χ1n) is 11.2. The number of aromatic nitrogens is 2. The van der Waals surface area contributed by atoms with E-state index in [-0.39, 0.29) is 5.91 Å². The van der Waals surface area contributed by atoms with E-state index in [1.165, 1.54) is 12.8 Å². The zero-order chi connectivity index (χ0) is 22.8. The maximum atomic E-state index is 12.9. The van der Waals surface area contributed by atoms with Crippen LogP contribution in [-0.4, -0.2) is 29.5 Å². The van der Waals surface area contributed by atoms with Crippen LogP contribution in [0.4, 0.5) is 11.4 Å². The summed E-state index contributed by atoms with van der Waals surface area (Å²) in [5, 5.41) is 6.86. The summed E-state index contributed by atoms with van der Waals surface area (Å²) in [6, 6.07) is 7.43. The van der Waals surface area contributed by atoms with E-state index < -0.39 is 0 Å². The van der Waals surface area contributed by atoms with Crippen molar-refractivity contribution in [2.24, 2.45) is 5.92 Å². The van der Waals surface area contributed by atoms with Gasteiger partial charge < -0.3 is 20.4 Å². The molecule has 2 aliphatic rings. The van der Waals surface area contributed by atoms with E-state index >= 15 is 0 Å². The van der Waals surface area contributed by atoms with Crippen molar-refractivity contribution in [3.63, 3.8) is 0 Å². The minimum Gasteiger partial charge on any atom is -0.493 e. The number of H-pyrrole nitrogens is 1. The van der Waals surface area contributed by atoms with Crippen molar-refractivity contribution in [3.8, 4) is 28.8 Å². The standard InChI is InChI=1S/C26H25ClN4O2/c1-33-25-19(27)7-4-8-21(25)31-24-22-20(12-14-29-26(22)32)30-23(24)18-11-13-28-15-17(18)10-9-16-5-2-3-6-16/h4,7-8,11,13,15-16,30-31H,2-3,5-6,12,14H2,1H3,(H,29,32). The summed E-state index contributed by atoms with van der Waals surface area (Å²) in [4.78, 5) is 20.7. The zero-order valence-corrected chi connectivity index (χ0v) is 19.2. The highest BCUT2D eigenvalue weighted by Gasteiger charge is 2.28. The molecular formula is C26H25ClN4O2. The number of amides is 1. The molecule has 0 radical (unpaired) electrons. The third-order valence-electron chi connectivity index (χ3n) is 6.25. The second-order valence-electron chi connectivity index (χ2n) is 8.35. The molecule has 0 atom stereocenters.